The molecule has 0 amide bonds. The van der Waals surface area contributed by atoms with Gasteiger partial charge in [-0.1, -0.05) is 11.6 Å². The first-order chi connectivity index (χ1) is 8.66. The number of nitrogens with zero attached hydrogens (tertiary/aromatic N) is 1. The third-order valence-corrected chi connectivity index (χ3v) is 3.77. The Labute approximate surface area is 113 Å². The Morgan fingerprint density at radius 1 is 1.39 bits per heavy atom. The Bertz CT molecular complexity index is 428. The van der Waals surface area contributed by atoms with Crippen LogP contribution >= 0.6 is 11.6 Å². The van der Waals surface area contributed by atoms with E-state index in [0.717, 1.165) is 43.9 Å². The predicted molar refractivity (Wildman–Crippen MR) is 74.4 cm³/mol. The third-order valence-electron chi connectivity index (χ3n) is 3.34. The van der Waals surface area contributed by atoms with Crippen LogP contribution in [0.1, 0.15) is 22.3 Å². The smallest absolute Gasteiger partial charge is 0.164 e. The normalized spacial score (nSPS) is 16.8. The average molecular weight is 267 g/mol. The molecule has 1 aromatic carbocycles. The molecule has 18 heavy (non-hydrogen) atoms. The average Bonchev–Trinajstić information content (AvgIpc) is 2.40. The highest BCUT2D eigenvalue weighted by Crippen LogP contribution is 2.17. The summed E-state index contributed by atoms with van der Waals surface area (Å²) in [4.78, 5) is 14.4. The van der Waals surface area contributed by atoms with E-state index in [0.29, 0.717) is 11.4 Å². The number of hydrogen-bond acceptors (Lipinski definition) is 3. The van der Waals surface area contributed by atoms with Crippen molar-refractivity contribution in [3.05, 3.63) is 34.3 Å². The van der Waals surface area contributed by atoms with E-state index >= 15 is 0 Å². The largest absolute Gasteiger partial charge is 0.314 e. The summed E-state index contributed by atoms with van der Waals surface area (Å²) in [7, 11) is 0. The van der Waals surface area contributed by atoms with Gasteiger partial charge in [0.15, 0.2) is 5.78 Å². The molecule has 0 radical (unpaired) electrons. The van der Waals surface area contributed by atoms with E-state index in [-0.39, 0.29) is 5.78 Å². The molecule has 0 unspecified atom stereocenters. The first-order valence-corrected chi connectivity index (χ1v) is 6.77. The van der Waals surface area contributed by atoms with Crippen LogP contribution in [-0.4, -0.2) is 43.4 Å². The minimum Gasteiger partial charge on any atom is -0.314 e. The van der Waals surface area contributed by atoms with Gasteiger partial charge in [-0.25, -0.2) is 0 Å². The summed E-state index contributed by atoms with van der Waals surface area (Å²) in [5.74, 6) is 0.202. The van der Waals surface area contributed by atoms with Crippen molar-refractivity contribution in [1.29, 1.82) is 0 Å². The van der Waals surface area contributed by atoms with Crippen molar-refractivity contribution in [3.63, 3.8) is 0 Å². The molecule has 0 aromatic heterocycles. The summed E-state index contributed by atoms with van der Waals surface area (Å²) < 4.78 is 0. The maximum absolute atomic E-state index is 12.1. The van der Waals surface area contributed by atoms with Crippen molar-refractivity contribution in [1.82, 2.24) is 10.2 Å². The summed E-state index contributed by atoms with van der Waals surface area (Å²) in [6.07, 6.45) is 0.584. The van der Waals surface area contributed by atoms with Gasteiger partial charge in [0.25, 0.3) is 0 Å². The van der Waals surface area contributed by atoms with Gasteiger partial charge >= 0.3 is 0 Å². The number of aryl methyl sites for hydroxylation is 1. The van der Waals surface area contributed by atoms with Crippen molar-refractivity contribution >= 4 is 17.4 Å². The van der Waals surface area contributed by atoms with Crippen LogP contribution < -0.4 is 5.32 Å². The molecule has 1 aromatic rings. The SMILES string of the molecule is Cc1cc(C(=O)CCN2CCNCC2)ccc1Cl. The Morgan fingerprint density at radius 3 is 2.78 bits per heavy atom. The number of ketones is 1. The summed E-state index contributed by atoms with van der Waals surface area (Å²) >= 11 is 5.96. The number of halogens is 1. The van der Waals surface area contributed by atoms with Gasteiger partial charge < -0.3 is 10.2 Å². The quantitative estimate of drug-likeness (QED) is 0.848. The Morgan fingerprint density at radius 2 is 2.11 bits per heavy atom. The Hall–Kier alpha value is -0.900. The Kier molecular flexibility index (Phi) is 4.75. The zero-order valence-electron chi connectivity index (χ0n) is 10.7. The van der Waals surface area contributed by atoms with E-state index in [1.807, 2.05) is 19.1 Å². The van der Waals surface area contributed by atoms with Crippen LogP contribution in [-0.2, 0) is 0 Å². The van der Waals surface area contributed by atoms with E-state index in [1.54, 1.807) is 6.07 Å². The molecule has 0 bridgehead atoms. The second-order valence-electron chi connectivity index (χ2n) is 4.73. The predicted octanol–water partition coefficient (Wildman–Crippen LogP) is 2.13. The van der Waals surface area contributed by atoms with Gasteiger partial charge in [0.2, 0.25) is 0 Å². The van der Waals surface area contributed by atoms with Crippen molar-refractivity contribution < 1.29 is 4.79 Å². The number of carbonyl (C=O) groups excluding carboxylic acids is 1. The van der Waals surface area contributed by atoms with Gasteiger partial charge in [-0.3, -0.25) is 4.79 Å². The zero-order valence-corrected chi connectivity index (χ0v) is 11.5. The molecule has 1 aliphatic heterocycles. The molecular formula is C14H19ClN2O. The summed E-state index contributed by atoms with van der Waals surface area (Å²) in [6, 6.07) is 5.49. The molecule has 1 saturated heterocycles. The number of piperazine rings is 1. The number of rotatable bonds is 4. The highest BCUT2D eigenvalue weighted by atomic mass is 35.5. The molecule has 3 nitrogen and oxygen atoms in total. The van der Waals surface area contributed by atoms with Gasteiger partial charge in [-0.2, -0.15) is 0 Å². The minimum atomic E-state index is 0.202. The Balaban J connectivity index is 1.88. The summed E-state index contributed by atoms with van der Waals surface area (Å²) in [5, 5.41) is 4.02. The summed E-state index contributed by atoms with van der Waals surface area (Å²) in [6.45, 7) is 6.89. The molecule has 0 spiro atoms. The van der Waals surface area contributed by atoms with Crippen LogP contribution in [0.2, 0.25) is 5.02 Å². The minimum absolute atomic E-state index is 0.202. The molecule has 1 heterocycles. The standard InChI is InChI=1S/C14H19ClN2O/c1-11-10-12(2-3-13(11)15)14(18)4-7-17-8-5-16-6-9-17/h2-3,10,16H,4-9H2,1H3. The lowest BCUT2D eigenvalue weighted by Gasteiger charge is -2.26. The van der Waals surface area contributed by atoms with E-state index in [4.69, 9.17) is 11.6 Å². The third kappa shape index (κ3) is 3.55. The van der Waals surface area contributed by atoms with Crippen LogP contribution in [0.15, 0.2) is 18.2 Å². The van der Waals surface area contributed by atoms with Gasteiger partial charge in [0.1, 0.15) is 0 Å². The molecular weight excluding hydrogens is 248 g/mol. The maximum atomic E-state index is 12.1. The van der Waals surface area contributed by atoms with Gasteiger partial charge in [0, 0.05) is 49.7 Å². The monoisotopic (exact) mass is 266 g/mol. The van der Waals surface area contributed by atoms with E-state index in [9.17, 15) is 4.79 Å². The van der Waals surface area contributed by atoms with Gasteiger partial charge in [-0.15, -0.1) is 0 Å². The van der Waals surface area contributed by atoms with Crippen LogP contribution in [0.4, 0.5) is 0 Å². The fourth-order valence-corrected chi connectivity index (χ4v) is 2.27. The van der Waals surface area contributed by atoms with Crippen molar-refractivity contribution in [3.8, 4) is 0 Å². The first-order valence-electron chi connectivity index (χ1n) is 6.39. The molecule has 0 saturated carbocycles. The van der Waals surface area contributed by atoms with Crippen LogP contribution in [0.25, 0.3) is 0 Å². The molecule has 1 N–H and O–H groups in total. The molecule has 0 aliphatic carbocycles. The number of benzene rings is 1. The van der Waals surface area contributed by atoms with E-state index < -0.39 is 0 Å². The topological polar surface area (TPSA) is 32.3 Å². The highest BCUT2D eigenvalue weighted by Gasteiger charge is 2.12. The van der Waals surface area contributed by atoms with Crippen LogP contribution in [0.5, 0.6) is 0 Å². The molecule has 1 fully saturated rings. The second-order valence-corrected chi connectivity index (χ2v) is 5.14. The molecule has 4 heteroatoms. The van der Waals surface area contributed by atoms with E-state index in [1.165, 1.54) is 0 Å². The molecule has 1 aliphatic rings. The number of nitrogens with one attached hydrogen (secondary N) is 1. The maximum Gasteiger partial charge on any atom is 0.164 e. The van der Waals surface area contributed by atoms with Crippen molar-refractivity contribution in [2.24, 2.45) is 0 Å². The number of carbonyl (C=O) groups is 1. The number of Topliss-reactive ketones (excluding diaryl/α,β-unsaturated/α-hetero) is 1. The fraction of sp³-hybridized carbons (Fsp3) is 0.500. The highest BCUT2D eigenvalue weighted by molar-refractivity contribution is 6.31. The van der Waals surface area contributed by atoms with Crippen molar-refractivity contribution in [2.45, 2.75) is 13.3 Å². The number of hydrogen-bond donors (Lipinski definition) is 1. The van der Waals surface area contributed by atoms with Crippen LogP contribution in [0.3, 0.4) is 0 Å². The molecule has 0 atom stereocenters. The first kappa shape index (κ1) is 13.5. The van der Waals surface area contributed by atoms with Gasteiger partial charge in [-0.05, 0) is 30.7 Å². The lowest BCUT2D eigenvalue weighted by Crippen LogP contribution is -2.44. The lowest BCUT2D eigenvalue weighted by atomic mass is 10.1. The van der Waals surface area contributed by atoms with Crippen LogP contribution in [0, 0.1) is 6.92 Å². The fourth-order valence-electron chi connectivity index (χ4n) is 2.16. The molecule has 98 valence electrons. The van der Waals surface area contributed by atoms with E-state index in [2.05, 4.69) is 10.2 Å². The lowest BCUT2D eigenvalue weighted by molar-refractivity contribution is 0.0960. The zero-order chi connectivity index (χ0) is 13.0. The second kappa shape index (κ2) is 6.32. The van der Waals surface area contributed by atoms with Gasteiger partial charge in [0.05, 0.1) is 0 Å². The van der Waals surface area contributed by atoms with Crippen molar-refractivity contribution in [2.75, 3.05) is 32.7 Å². The summed E-state index contributed by atoms with van der Waals surface area (Å²) in [5.41, 5.74) is 1.73. The molecule has 2 rings (SSSR count).